The van der Waals surface area contributed by atoms with Crippen molar-refractivity contribution in [3.8, 4) is 11.6 Å². The van der Waals surface area contributed by atoms with Crippen LogP contribution in [0.5, 0.6) is 11.6 Å². The lowest BCUT2D eigenvalue weighted by Crippen LogP contribution is -2.54. The summed E-state index contributed by atoms with van der Waals surface area (Å²) in [6, 6.07) is 21.9. The first-order chi connectivity index (χ1) is 17.1. The van der Waals surface area contributed by atoms with Crippen molar-refractivity contribution in [1.82, 2.24) is 20.5 Å². The summed E-state index contributed by atoms with van der Waals surface area (Å²) < 4.78 is 6.15. The number of hydrogen-bond donors (Lipinski definition) is 2. The molecule has 35 heavy (non-hydrogen) atoms. The van der Waals surface area contributed by atoms with Crippen LogP contribution in [0.3, 0.4) is 0 Å². The topological polar surface area (TPSA) is 83.6 Å². The van der Waals surface area contributed by atoms with Gasteiger partial charge in [0.05, 0.1) is 0 Å². The van der Waals surface area contributed by atoms with E-state index in [0.717, 1.165) is 37.2 Å². The van der Waals surface area contributed by atoms with E-state index in [-0.39, 0.29) is 17.9 Å². The number of pyridine rings is 1. The van der Waals surface area contributed by atoms with Crippen molar-refractivity contribution < 1.29 is 14.3 Å². The van der Waals surface area contributed by atoms with Crippen LogP contribution >= 0.6 is 0 Å². The average molecular weight is 473 g/mol. The molecule has 0 spiro atoms. The second kappa shape index (κ2) is 12.1. The first kappa shape index (κ1) is 24.4. The third-order valence-electron chi connectivity index (χ3n) is 6.15. The van der Waals surface area contributed by atoms with Crippen LogP contribution in [0.4, 0.5) is 0 Å². The van der Waals surface area contributed by atoms with Crippen LogP contribution in [0.2, 0.25) is 0 Å². The molecule has 4 rings (SSSR count). The highest BCUT2D eigenvalue weighted by molar-refractivity contribution is 5.77. The highest BCUT2D eigenvalue weighted by Gasteiger charge is 2.26. The van der Waals surface area contributed by atoms with Crippen LogP contribution in [-0.2, 0) is 29.0 Å². The van der Waals surface area contributed by atoms with Crippen molar-refractivity contribution in [3.63, 3.8) is 0 Å². The van der Waals surface area contributed by atoms with E-state index in [4.69, 9.17) is 4.74 Å². The van der Waals surface area contributed by atoms with E-state index in [9.17, 15) is 9.59 Å². The van der Waals surface area contributed by atoms with Crippen molar-refractivity contribution in [3.05, 3.63) is 89.6 Å². The molecule has 1 saturated heterocycles. The molecule has 2 N–H and O–H groups in total. The lowest BCUT2D eigenvalue weighted by Gasteiger charge is -2.36. The Bertz CT molecular complexity index is 1140. The van der Waals surface area contributed by atoms with Gasteiger partial charge in [-0.05, 0) is 36.1 Å². The second-order valence-electron chi connectivity index (χ2n) is 8.72. The van der Waals surface area contributed by atoms with E-state index < -0.39 is 0 Å². The highest BCUT2D eigenvalue weighted by Crippen LogP contribution is 2.27. The van der Waals surface area contributed by atoms with Crippen molar-refractivity contribution in [2.45, 2.75) is 38.8 Å². The van der Waals surface area contributed by atoms with Gasteiger partial charge < -0.3 is 20.3 Å². The van der Waals surface area contributed by atoms with Crippen LogP contribution in [0.25, 0.3) is 0 Å². The molecule has 0 bridgehead atoms. The Balaban J connectivity index is 1.41. The molecule has 1 fully saturated rings. The van der Waals surface area contributed by atoms with Gasteiger partial charge in [-0.1, -0.05) is 54.6 Å². The Morgan fingerprint density at radius 2 is 1.83 bits per heavy atom. The first-order valence-electron chi connectivity index (χ1n) is 12.1. The molecule has 1 aliphatic heterocycles. The minimum Gasteiger partial charge on any atom is -0.438 e. The Kier molecular flexibility index (Phi) is 8.46. The number of hydrogen-bond acceptors (Lipinski definition) is 5. The van der Waals surface area contributed by atoms with Crippen molar-refractivity contribution in [1.29, 1.82) is 0 Å². The van der Waals surface area contributed by atoms with E-state index >= 15 is 0 Å². The van der Waals surface area contributed by atoms with Gasteiger partial charge in [0.25, 0.3) is 0 Å². The summed E-state index contributed by atoms with van der Waals surface area (Å²) in [6.07, 6.45) is 3.49. The van der Waals surface area contributed by atoms with E-state index in [1.165, 1.54) is 12.5 Å². The van der Waals surface area contributed by atoms with Crippen LogP contribution < -0.4 is 15.4 Å². The second-order valence-corrected chi connectivity index (χ2v) is 8.72. The van der Waals surface area contributed by atoms with Crippen molar-refractivity contribution in [2.75, 3.05) is 19.6 Å². The first-order valence-corrected chi connectivity index (χ1v) is 12.1. The number of rotatable bonds is 9. The molecule has 1 aliphatic rings. The molecule has 3 aromatic rings. The van der Waals surface area contributed by atoms with Gasteiger partial charge in [0.2, 0.25) is 17.7 Å². The molecule has 0 aliphatic carbocycles. The van der Waals surface area contributed by atoms with Gasteiger partial charge >= 0.3 is 0 Å². The quantitative estimate of drug-likeness (QED) is 0.498. The van der Waals surface area contributed by atoms with E-state index in [2.05, 4.69) is 27.8 Å². The number of aromatic nitrogens is 1. The van der Waals surface area contributed by atoms with Gasteiger partial charge in [-0.3, -0.25) is 9.59 Å². The molecule has 7 heteroatoms. The maximum atomic E-state index is 13.2. The number of para-hydroxylation sites is 1. The monoisotopic (exact) mass is 472 g/mol. The molecule has 0 radical (unpaired) electrons. The zero-order valence-corrected chi connectivity index (χ0v) is 20.1. The molecule has 7 nitrogen and oxygen atoms in total. The fourth-order valence-electron chi connectivity index (χ4n) is 4.33. The summed E-state index contributed by atoms with van der Waals surface area (Å²) in [5.74, 6) is 1.16. The number of benzene rings is 2. The Morgan fingerprint density at radius 1 is 1.06 bits per heavy atom. The fraction of sp³-hybridized carbons (Fsp3) is 0.321. The summed E-state index contributed by atoms with van der Waals surface area (Å²) >= 11 is 0. The highest BCUT2D eigenvalue weighted by atomic mass is 16.5. The molecule has 0 unspecified atom stereocenters. The van der Waals surface area contributed by atoms with Gasteiger partial charge in [0.1, 0.15) is 5.75 Å². The molecular weight excluding hydrogens is 440 g/mol. The minimum absolute atomic E-state index is 0.114. The van der Waals surface area contributed by atoms with Crippen molar-refractivity contribution >= 4 is 11.8 Å². The predicted octanol–water partition coefficient (Wildman–Crippen LogP) is 3.49. The Morgan fingerprint density at radius 3 is 2.66 bits per heavy atom. The predicted molar refractivity (Wildman–Crippen MR) is 135 cm³/mol. The van der Waals surface area contributed by atoms with Gasteiger partial charge in [-0.15, -0.1) is 0 Å². The van der Waals surface area contributed by atoms with Crippen LogP contribution in [-0.4, -0.2) is 47.4 Å². The number of carbonyl (C=O) groups excluding carboxylic acids is 2. The summed E-state index contributed by atoms with van der Waals surface area (Å²) in [6.45, 7) is 4.15. The van der Waals surface area contributed by atoms with Gasteiger partial charge in [-0.25, -0.2) is 4.98 Å². The van der Waals surface area contributed by atoms with Gasteiger partial charge in [-0.2, -0.15) is 0 Å². The van der Waals surface area contributed by atoms with E-state index in [1.54, 1.807) is 6.20 Å². The summed E-state index contributed by atoms with van der Waals surface area (Å²) in [7, 11) is 0. The average Bonchev–Trinajstić information content (AvgIpc) is 2.88. The van der Waals surface area contributed by atoms with Crippen LogP contribution in [0, 0.1) is 0 Å². The lowest BCUT2D eigenvalue weighted by atomic mass is 10.0. The summed E-state index contributed by atoms with van der Waals surface area (Å²) in [5.41, 5.74) is 2.98. The lowest BCUT2D eigenvalue weighted by molar-refractivity contribution is -0.134. The van der Waals surface area contributed by atoms with Crippen LogP contribution in [0.15, 0.2) is 72.9 Å². The van der Waals surface area contributed by atoms with E-state index in [1.807, 2.05) is 59.5 Å². The number of nitrogens with zero attached hydrogens (tertiary/aromatic N) is 2. The third kappa shape index (κ3) is 6.90. The number of nitrogens with one attached hydrogen (secondary N) is 2. The maximum absolute atomic E-state index is 13.2. The molecule has 182 valence electrons. The number of amides is 2. The molecular formula is C28H32N4O3. The Labute approximate surface area is 206 Å². The number of ether oxygens (including phenoxy) is 1. The zero-order chi connectivity index (χ0) is 24.5. The SMILES string of the molecule is CC(=O)NCc1cccnc1Oc1ccccc1CCC(=O)N1CCNC[C@H]1Cc1ccccc1. The van der Waals surface area contributed by atoms with Gasteiger partial charge in [0.15, 0.2) is 0 Å². The fourth-order valence-corrected chi connectivity index (χ4v) is 4.33. The maximum Gasteiger partial charge on any atom is 0.224 e. The number of carbonyl (C=O) groups is 2. The minimum atomic E-state index is -0.114. The Hall–Kier alpha value is -3.71. The van der Waals surface area contributed by atoms with E-state index in [0.29, 0.717) is 31.0 Å². The van der Waals surface area contributed by atoms with Gasteiger partial charge in [0, 0.05) is 57.3 Å². The standard InChI is InChI=1S/C28H32N4O3/c1-21(33)31-19-24-11-7-15-30-28(24)35-26-12-6-5-10-23(26)13-14-27(34)32-17-16-29-20-25(32)18-22-8-3-2-4-9-22/h2-12,15,25,29H,13-14,16-20H2,1H3,(H,31,33)/t25-/m1/s1. The molecule has 1 atom stereocenters. The molecule has 1 aromatic heterocycles. The molecule has 2 aromatic carbocycles. The van der Waals surface area contributed by atoms with Crippen LogP contribution in [0.1, 0.15) is 30.0 Å². The largest absolute Gasteiger partial charge is 0.438 e. The summed E-state index contributed by atoms with van der Waals surface area (Å²) in [5, 5.41) is 6.21. The zero-order valence-electron chi connectivity index (χ0n) is 20.1. The number of piperazine rings is 1. The third-order valence-corrected chi connectivity index (χ3v) is 6.15. The number of aryl methyl sites for hydroxylation is 1. The smallest absolute Gasteiger partial charge is 0.224 e. The van der Waals surface area contributed by atoms with Crippen molar-refractivity contribution in [2.24, 2.45) is 0 Å². The molecule has 0 saturated carbocycles. The normalized spacial score (nSPS) is 15.5. The summed E-state index contributed by atoms with van der Waals surface area (Å²) in [4.78, 5) is 31.0. The molecule has 2 amide bonds. The molecule has 2 heterocycles.